The van der Waals surface area contributed by atoms with E-state index in [0.717, 1.165) is 0 Å². The number of anilines is 1. The number of phenolic OH excluding ortho intramolecular Hbond substituents is 1. The number of fused-ring (bicyclic) bond motifs is 1. The SMILES string of the molecule is COc1ccccc1N=Nc1c(S(=O)(=O)Cl)cc2cccc(NC(C)=O)c2c1O. The van der Waals surface area contributed by atoms with Crippen molar-refractivity contribution in [3.63, 3.8) is 0 Å². The summed E-state index contributed by atoms with van der Waals surface area (Å²) in [4.78, 5) is 11.1. The zero-order valence-corrected chi connectivity index (χ0v) is 17.0. The number of ether oxygens (including phenoxy) is 1. The van der Waals surface area contributed by atoms with E-state index in [4.69, 9.17) is 15.4 Å². The first-order chi connectivity index (χ1) is 13.7. The van der Waals surface area contributed by atoms with Crippen molar-refractivity contribution in [1.82, 2.24) is 0 Å². The molecule has 0 atom stereocenters. The normalized spacial score (nSPS) is 11.7. The third-order valence-electron chi connectivity index (χ3n) is 3.99. The quantitative estimate of drug-likeness (QED) is 0.440. The van der Waals surface area contributed by atoms with Crippen molar-refractivity contribution in [2.45, 2.75) is 11.8 Å². The highest BCUT2D eigenvalue weighted by atomic mass is 35.7. The van der Waals surface area contributed by atoms with E-state index in [0.29, 0.717) is 22.5 Å². The number of phenols is 1. The molecule has 0 aliphatic carbocycles. The number of carbonyl (C=O) groups is 1. The minimum absolute atomic E-state index is 0.209. The largest absolute Gasteiger partial charge is 0.505 e. The number of azo groups is 1. The number of halogens is 1. The van der Waals surface area contributed by atoms with Crippen LogP contribution in [0.15, 0.2) is 63.7 Å². The van der Waals surface area contributed by atoms with Gasteiger partial charge in [-0.05, 0) is 29.7 Å². The maximum atomic E-state index is 12.1. The molecule has 8 nitrogen and oxygen atoms in total. The summed E-state index contributed by atoms with van der Waals surface area (Å²) in [7, 11) is 2.76. The van der Waals surface area contributed by atoms with Crippen molar-refractivity contribution < 1.29 is 23.1 Å². The van der Waals surface area contributed by atoms with Gasteiger partial charge < -0.3 is 15.2 Å². The van der Waals surface area contributed by atoms with Crippen molar-refractivity contribution in [1.29, 1.82) is 0 Å². The van der Waals surface area contributed by atoms with Gasteiger partial charge in [0, 0.05) is 23.0 Å². The number of nitrogens with zero attached hydrogens (tertiary/aromatic N) is 2. The van der Waals surface area contributed by atoms with E-state index >= 15 is 0 Å². The minimum Gasteiger partial charge on any atom is -0.505 e. The van der Waals surface area contributed by atoms with Gasteiger partial charge in [0.1, 0.15) is 22.0 Å². The summed E-state index contributed by atoms with van der Waals surface area (Å²) in [5, 5.41) is 21.9. The molecule has 0 radical (unpaired) electrons. The molecule has 3 aromatic rings. The van der Waals surface area contributed by atoms with Gasteiger partial charge in [0.25, 0.3) is 9.05 Å². The van der Waals surface area contributed by atoms with Gasteiger partial charge in [0.2, 0.25) is 5.91 Å². The van der Waals surface area contributed by atoms with Crippen LogP contribution in [-0.2, 0) is 13.8 Å². The standard InChI is InChI=1S/C19H16ClN3O5S/c1-11(24)21-14-8-5-6-12-10-16(29(20,26)27)18(19(25)17(12)14)23-22-13-7-3-4-9-15(13)28-2/h3-10,25H,1-2H3,(H,21,24). The van der Waals surface area contributed by atoms with E-state index < -0.39 is 19.7 Å². The van der Waals surface area contributed by atoms with Crippen molar-refractivity contribution in [3.8, 4) is 11.5 Å². The number of para-hydroxylation sites is 1. The molecule has 3 rings (SSSR count). The average Bonchev–Trinajstić information content (AvgIpc) is 2.66. The first-order valence-corrected chi connectivity index (χ1v) is 10.6. The molecule has 0 heterocycles. The summed E-state index contributed by atoms with van der Waals surface area (Å²) in [5.74, 6) is -0.432. The number of methoxy groups -OCH3 is 1. The fourth-order valence-electron chi connectivity index (χ4n) is 2.79. The van der Waals surface area contributed by atoms with Gasteiger partial charge in [-0.15, -0.1) is 10.2 Å². The van der Waals surface area contributed by atoms with Crippen LogP contribution in [0.25, 0.3) is 10.8 Å². The van der Waals surface area contributed by atoms with Crippen LogP contribution in [0.2, 0.25) is 0 Å². The lowest BCUT2D eigenvalue weighted by Gasteiger charge is -2.12. The second kappa shape index (κ2) is 8.06. The van der Waals surface area contributed by atoms with E-state index in [1.165, 1.54) is 20.1 Å². The molecule has 0 saturated heterocycles. The predicted octanol–water partition coefficient (Wildman–Crippen LogP) is 4.86. The number of nitrogens with one attached hydrogen (secondary N) is 1. The average molecular weight is 434 g/mol. The van der Waals surface area contributed by atoms with Gasteiger partial charge in [-0.1, -0.05) is 24.3 Å². The lowest BCUT2D eigenvalue weighted by atomic mass is 10.1. The first kappa shape index (κ1) is 20.6. The van der Waals surface area contributed by atoms with E-state index in [2.05, 4.69) is 15.5 Å². The second-order valence-electron chi connectivity index (χ2n) is 5.97. The molecule has 0 fully saturated rings. The van der Waals surface area contributed by atoms with Crippen LogP contribution in [-0.4, -0.2) is 26.5 Å². The van der Waals surface area contributed by atoms with E-state index in [-0.39, 0.29) is 17.0 Å². The summed E-state index contributed by atoms with van der Waals surface area (Å²) in [5.41, 5.74) is 0.263. The summed E-state index contributed by atoms with van der Waals surface area (Å²) < 4.78 is 29.4. The van der Waals surface area contributed by atoms with Crippen molar-refractivity contribution in [2.24, 2.45) is 10.2 Å². The van der Waals surface area contributed by atoms with Gasteiger partial charge in [-0.25, -0.2) is 8.42 Å². The molecule has 0 aliphatic rings. The Hall–Kier alpha value is -3.17. The number of hydrogen-bond acceptors (Lipinski definition) is 7. The van der Waals surface area contributed by atoms with Crippen LogP contribution in [0.4, 0.5) is 17.1 Å². The Bertz CT molecular complexity index is 1240. The zero-order chi connectivity index (χ0) is 21.2. The van der Waals surface area contributed by atoms with Gasteiger partial charge in [-0.2, -0.15) is 0 Å². The molecule has 2 N–H and O–H groups in total. The number of rotatable bonds is 5. The van der Waals surface area contributed by atoms with Crippen LogP contribution in [0.5, 0.6) is 11.5 Å². The molecule has 0 bridgehead atoms. The summed E-state index contributed by atoms with van der Waals surface area (Å²) in [6, 6.07) is 12.7. The van der Waals surface area contributed by atoms with E-state index in [1.54, 1.807) is 42.5 Å². The lowest BCUT2D eigenvalue weighted by molar-refractivity contribution is -0.114. The number of carbonyl (C=O) groups excluding carboxylic acids is 1. The topological polar surface area (TPSA) is 117 Å². The zero-order valence-electron chi connectivity index (χ0n) is 15.4. The molecule has 1 amide bonds. The molecular formula is C19H16ClN3O5S. The predicted molar refractivity (Wildman–Crippen MR) is 110 cm³/mol. The molecule has 10 heteroatoms. The van der Waals surface area contributed by atoms with E-state index in [1.807, 2.05) is 0 Å². The van der Waals surface area contributed by atoms with Crippen molar-refractivity contribution in [3.05, 3.63) is 48.5 Å². The molecule has 0 aromatic heterocycles. The molecule has 0 spiro atoms. The van der Waals surface area contributed by atoms with Gasteiger partial charge >= 0.3 is 0 Å². The van der Waals surface area contributed by atoms with E-state index in [9.17, 15) is 18.3 Å². The number of aromatic hydroxyl groups is 1. The highest BCUT2D eigenvalue weighted by molar-refractivity contribution is 8.13. The molecule has 0 aliphatic heterocycles. The fourth-order valence-corrected chi connectivity index (χ4v) is 3.78. The molecule has 29 heavy (non-hydrogen) atoms. The Balaban J connectivity index is 2.30. The van der Waals surface area contributed by atoms with Crippen LogP contribution >= 0.6 is 10.7 Å². The van der Waals surface area contributed by atoms with Crippen molar-refractivity contribution >= 4 is 53.5 Å². The Labute approximate surface area is 171 Å². The number of amides is 1. The third kappa shape index (κ3) is 4.30. The van der Waals surface area contributed by atoms with Gasteiger partial charge in [0.05, 0.1) is 12.8 Å². The maximum Gasteiger partial charge on any atom is 0.263 e. The molecular weight excluding hydrogens is 418 g/mol. The van der Waals surface area contributed by atoms with Crippen LogP contribution in [0.1, 0.15) is 6.92 Å². The number of benzene rings is 3. The molecule has 0 saturated carbocycles. The Morgan fingerprint density at radius 2 is 1.86 bits per heavy atom. The Kier molecular flexibility index (Phi) is 5.71. The van der Waals surface area contributed by atoms with Crippen LogP contribution in [0, 0.1) is 0 Å². The lowest BCUT2D eigenvalue weighted by Crippen LogP contribution is -2.06. The summed E-state index contributed by atoms with van der Waals surface area (Å²) in [6.07, 6.45) is 0. The summed E-state index contributed by atoms with van der Waals surface area (Å²) >= 11 is 0. The monoisotopic (exact) mass is 433 g/mol. The second-order valence-corrected chi connectivity index (χ2v) is 8.50. The highest BCUT2D eigenvalue weighted by Crippen LogP contribution is 2.45. The maximum absolute atomic E-state index is 12.1. The first-order valence-electron chi connectivity index (χ1n) is 8.28. The molecule has 0 unspecified atom stereocenters. The van der Waals surface area contributed by atoms with Crippen LogP contribution < -0.4 is 10.1 Å². The summed E-state index contributed by atoms with van der Waals surface area (Å²) in [6.45, 7) is 1.32. The Morgan fingerprint density at radius 1 is 1.14 bits per heavy atom. The van der Waals surface area contributed by atoms with Gasteiger partial charge in [-0.3, -0.25) is 4.79 Å². The van der Waals surface area contributed by atoms with Crippen LogP contribution in [0.3, 0.4) is 0 Å². The molecule has 3 aromatic carbocycles. The highest BCUT2D eigenvalue weighted by Gasteiger charge is 2.23. The minimum atomic E-state index is -4.26. The smallest absolute Gasteiger partial charge is 0.263 e. The van der Waals surface area contributed by atoms with Crippen molar-refractivity contribution in [2.75, 3.05) is 12.4 Å². The van der Waals surface area contributed by atoms with Gasteiger partial charge in [0.15, 0.2) is 5.75 Å². The molecule has 150 valence electrons. The third-order valence-corrected chi connectivity index (χ3v) is 5.33. The Morgan fingerprint density at radius 3 is 2.52 bits per heavy atom. The fraction of sp³-hybridized carbons (Fsp3) is 0.105. The number of hydrogen-bond donors (Lipinski definition) is 2.